The number of nitrogens with zero attached hydrogens (tertiary/aromatic N) is 1. The average Bonchev–Trinajstić information content (AvgIpc) is 2.49. The maximum atomic E-state index is 12.1. The lowest BCUT2D eigenvalue weighted by molar-refractivity contribution is -0.117. The molecule has 5 heteroatoms. The molecule has 0 amide bonds. The molecule has 22 heavy (non-hydrogen) atoms. The zero-order valence-electron chi connectivity index (χ0n) is 13.0. The molecule has 1 aliphatic heterocycles. The van der Waals surface area contributed by atoms with Crippen LogP contribution in [0.5, 0.6) is 5.75 Å². The minimum absolute atomic E-state index is 0.197. The molecular weight excluding hydrogens is 321 g/mol. The number of benzene rings is 1. The van der Waals surface area contributed by atoms with Crippen LogP contribution in [0, 0.1) is 0 Å². The van der Waals surface area contributed by atoms with Crippen LogP contribution in [0.1, 0.15) is 32.3 Å². The van der Waals surface area contributed by atoms with Gasteiger partial charge in [0, 0.05) is 25.1 Å². The number of likely N-dealkylation sites (N-methyl/N-ethyl adjacent to an activating group) is 1. The summed E-state index contributed by atoms with van der Waals surface area (Å²) in [5.74, 6) is 0.709. The number of carbonyl (C=O) groups excluding carboxylic acids is 1. The highest BCUT2D eigenvalue weighted by atomic mass is 35.5. The smallest absolute Gasteiger partial charge is 0.161 e. The van der Waals surface area contributed by atoms with E-state index in [1.165, 1.54) is 0 Å². The molecule has 0 unspecified atom stereocenters. The van der Waals surface area contributed by atoms with Gasteiger partial charge in [-0.2, -0.15) is 0 Å². The molecule has 0 aliphatic carbocycles. The van der Waals surface area contributed by atoms with Gasteiger partial charge in [-0.3, -0.25) is 9.69 Å². The summed E-state index contributed by atoms with van der Waals surface area (Å²) in [7, 11) is 0. The standard InChI is InChI=1S/C17H21Cl2NO2/c1-3-7-22-17-14(18)9-12(10-15(17)19)8-13-11-20(4-2)6-5-16(13)21/h8-10H,3-7,11H2,1-2H3/b13-8+. The Balaban J connectivity index is 2.25. The molecule has 1 aromatic rings. The van der Waals surface area contributed by atoms with Gasteiger partial charge in [0.1, 0.15) is 0 Å². The van der Waals surface area contributed by atoms with Gasteiger partial charge in [0.05, 0.1) is 16.7 Å². The van der Waals surface area contributed by atoms with E-state index >= 15 is 0 Å². The number of hydrogen-bond donors (Lipinski definition) is 0. The Morgan fingerprint density at radius 2 is 1.95 bits per heavy atom. The second-order valence-corrected chi connectivity index (χ2v) is 6.19. The molecule has 1 fully saturated rings. The first-order valence-corrected chi connectivity index (χ1v) is 8.38. The van der Waals surface area contributed by atoms with Crippen molar-refractivity contribution in [1.29, 1.82) is 0 Å². The third-order valence-corrected chi connectivity index (χ3v) is 4.23. The van der Waals surface area contributed by atoms with Gasteiger partial charge in [-0.25, -0.2) is 0 Å². The third kappa shape index (κ3) is 4.25. The number of likely N-dealkylation sites (tertiary alicyclic amines) is 1. The van der Waals surface area contributed by atoms with Gasteiger partial charge in [-0.05, 0) is 36.7 Å². The minimum atomic E-state index is 0.197. The van der Waals surface area contributed by atoms with Gasteiger partial charge < -0.3 is 4.74 Å². The molecule has 0 bridgehead atoms. The maximum Gasteiger partial charge on any atom is 0.161 e. The lowest BCUT2D eigenvalue weighted by Gasteiger charge is -2.26. The molecule has 1 aromatic carbocycles. The van der Waals surface area contributed by atoms with Gasteiger partial charge in [-0.15, -0.1) is 0 Å². The summed E-state index contributed by atoms with van der Waals surface area (Å²) >= 11 is 12.5. The largest absolute Gasteiger partial charge is 0.490 e. The van der Waals surface area contributed by atoms with E-state index in [0.29, 0.717) is 35.4 Å². The number of piperidine rings is 1. The maximum absolute atomic E-state index is 12.1. The Hall–Kier alpha value is -1.03. The van der Waals surface area contributed by atoms with Gasteiger partial charge >= 0.3 is 0 Å². The molecule has 1 heterocycles. The second kappa shape index (κ2) is 8.00. The molecule has 3 nitrogen and oxygen atoms in total. The van der Waals surface area contributed by atoms with E-state index in [1.54, 1.807) is 12.1 Å². The highest BCUT2D eigenvalue weighted by Crippen LogP contribution is 2.35. The van der Waals surface area contributed by atoms with Crippen LogP contribution in [0.3, 0.4) is 0 Å². The Kier molecular flexibility index (Phi) is 6.30. The van der Waals surface area contributed by atoms with Crippen LogP contribution in [-0.4, -0.2) is 36.9 Å². The SMILES string of the molecule is CCCOc1c(Cl)cc(/C=C2\CN(CC)CCC2=O)cc1Cl. The summed E-state index contributed by atoms with van der Waals surface area (Å²) in [5.41, 5.74) is 1.64. The Morgan fingerprint density at radius 1 is 1.27 bits per heavy atom. The Bertz CT molecular complexity index is 561. The first kappa shape index (κ1) is 17.3. The molecule has 0 radical (unpaired) electrons. The molecule has 1 saturated heterocycles. The molecule has 0 aromatic heterocycles. The van der Waals surface area contributed by atoms with Gasteiger partial charge in [0.15, 0.2) is 11.5 Å². The van der Waals surface area contributed by atoms with Gasteiger partial charge in [-0.1, -0.05) is 37.0 Å². The average molecular weight is 342 g/mol. The fraction of sp³-hybridized carbons (Fsp3) is 0.471. The first-order chi connectivity index (χ1) is 10.5. The second-order valence-electron chi connectivity index (χ2n) is 5.37. The van der Waals surface area contributed by atoms with Gasteiger partial charge in [0.25, 0.3) is 0 Å². The molecule has 1 aliphatic rings. The highest BCUT2D eigenvalue weighted by molar-refractivity contribution is 6.37. The zero-order valence-corrected chi connectivity index (χ0v) is 14.5. The van der Waals surface area contributed by atoms with Crippen molar-refractivity contribution in [1.82, 2.24) is 4.90 Å². The number of ketones is 1. The van der Waals surface area contributed by atoms with E-state index in [4.69, 9.17) is 27.9 Å². The molecule has 120 valence electrons. The van der Waals surface area contributed by atoms with Crippen molar-refractivity contribution in [2.45, 2.75) is 26.7 Å². The molecule has 0 spiro atoms. The van der Waals surface area contributed by atoms with Crippen molar-refractivity contribution in [2.24, 2.45) is 0 Å². The van der Waals surface area contributed by atoms with E-state index in [9.17, 15) is 4.79 Å². The van der Waals surface area contributed by atoms with Crippen molar-refractivity contribution in [3.63, 3.8) is 0 Å². The van der Waals surface area contributed by atoms with E-state index in [2.05, 4.69) is 11.8 Å². The third-order valence-electron chi connectivity index (χ3n) is 3.67. The Labute approximate surface area is 141 Å². The predicted molar refractivity (Wildman–Crippen MR) is 92.0 cm³/mol. The predicted octanol–water partition coefficient (Wildman–Crippen LogP) is 4.46. The fourth-order valence-corrected chi connectivity index (χ4v) is 3.04. The van der Waals surface area contributed by atoms with Crippen LogP contribution in [0.4, 0.5) is 0 Å². The molecule has 0 atom stereocenters. The quantitative estimate of drug-likeness (QED) is 0.740. The molecular formula is C17H21Cl2NO2. The number of halogens is 2. The number of rotatable bonds is 5. The lowest BCUT2D eigenvalue weighted by Crippen LogP contribution is -2.35. The number of carbonyl (C=O) groups is 1. The van der Waals surface area contributed by atoms with Crippen molar-refractivity contribution >= 4 is 35.1 Å². The van der Waals surface area contributed by atoms with E-state index in [1.807, 2.05) is 13.0 Å². The van der Waals surface area contributed by atoms with E-state index in [-0.39, 0.29) is 5.78 Å². The summed E-state index contributed by atoms with van der Waals surface area (Å²) in [5, 5.41) is 0.951. The summed E-state index contributed by atoms with van der Waals surface area (Å²) < 4.78 is 5.56. The fourth-order valence-electron chi connectivity index (χ4n) is 2.43. The van der Waals surface area contributed by atoms with Crippen molar-refractivity contribution < 1.29 is 9.53 Å². The van der Waals surface area contributed by atoms with E-state index < -0.39 is 0 Å². The van der Waals surface area contributed by atoms with Crippen molar-refractivity contribution in [3.8, 4) is 5.75 Å². The summed E-state index contributed by atoms with van der Waals surface area (Å²) in [4.78, 5) is 14.3. The summed E-state index contributed by atoms with van der Waals surface area (Å²) in [6.45, 7) is 7.15. The highest BCUT2D eigenvalue weighted by Gasteiger charge is 2.20. The molecule has 2 rings (SSSR count). The zero-order chi connectivity index (χ0) is 16.1. The first-order valence-electron chi connectivity index (χ1n) is 7.63. The van der Waals surface area contributed by atoms with Crippen LogP contribution in [-0.2, 0) is 4.79 Å². The minimum Gasteiger partial charge on any atom is -0.490 e. The molecule has 0 saturated carbocycles. The molecule has 0 N–H and O–H groups in total. The van der Waals surface area contributed by atoms with Crippen LogP contribution in [0.25, 0.3) is 6.08 Å². The van der Waals surface area contributed by atoms with Crippen LogP contribution >= 0.6 is 23.2 Å². The lowest BCUT2D eigenvalue weighted by atomic mass is 10.0. The number of Topliss-reactive ketones (excluding diaryl/α,β-unsaturated/α-hetero) is 1. The van der Waals surface area contributed by atoms with Gasteiger partial charge in [0.2, 0.25) is 0 Å². The number of hydrogen-bond acceptors (Lipinski definition) is 3. The van der Waals surface area contributed by atoms with Crippen LogP contribution in [0.2, 0.25) is 10.0 Å². The van der Waals surface area contributed by atoms with E-state index in [0.717, 1.165) is 30.6 Å². The normalized spacial score (nSPS) is 18.0. The summed E-state index contributed by atoms with van der Waals surface area (Å²) in [6.07, 6.45) is 3.34. The van der Waals surface area contributed by atoms with Crippen LogP contribution < -0.4 is 4.74 Å². The van der Waals surface area contributed by atoms with Crippen molar-refractivity contribution in [3.05, 3.63) is 33.3 Å². The number of ether oxygens (including phenoxy) is 1. The Morgan fingerprint density at radius 3 is 2.55 bits per heavy atom. The van der Waals surface area contributed by atoms with Crippen LogP contribution in [0.15, 0.2) is 17.7 Å². The topological polar surface area (TPSA) is 29.5 Å². The monoisotopic (exact) mass is 341 g/mol. The summed E-state index contributed by atoms with van der Waals surface area (Å²) in [6, 6.07) is 3.59. The van der Waals surface area contributed by atoms with Crippen molar-refractivity contribution in [2.75, 3.05) is 26.2 Å².